The van der Waals surface area contributed by atoms with Crippen LogP contribution < -0.4 is 4.74 Å². The molecule has 1 aliphatic heterocycles. The molecule has 0 saturated carbocycles. The molecule has 4 heteroatoms. The molecule has 0 bridgehead atoms. The van der Waals surface area contributed by atoms with Crippen molar-refractivity contribution in [2.75, 3.05) is 0 Å². The Labute approximate surface area is 335 Å². The first kappa shape index (κ1) is 32.5. The van der Waals surface area contributed by atoms with Crippen LogP contribution in [0.25, 0.3) is 78.0 Å². The summed E-state index contributed by atoms with van der Waals surface area (Å²) in [7, 11) is 0. The van der Waals surface area contributed by atoms with Gasteiger partial charge in [-0.05, 0) is 50.2 Å². The molecule has 58 heavy (non-hydrogen) atoms. The molecule has 10 aromatic rings. The molecule has 4 nitrogen and oxygen atoms in total. The van der Waals surface area contributed by atoms with E-state index in [0.717, 1.165) is 66.4 Å². The first-order valence-corrected chi connectivity index (χ1v) is 19.7. The number of hydrogen-bond acceptors (Lipinski definition) is 4. The minimum Gasteiger partial charge on any atom is -0.455 e. The quantitative estimate of drug-likeness (QED) is 0.180. The maximum absolute atomic E-state index is 7.17. The number of ether oxygens (including phenoxy) is 1. The molecule has 1 aromatic heterocycles. The molecular formula is C54H33N3O. The van der Waals surface area contributed by atoms with E-state index in [1.54, 1.807) is 0 Å². The molecule has 0 fully saturated rings. The van der Waals surface area contributed by atoms with Gasteiger partial charge in [-0.25, -0.2) is 15.0 Å². The highest BCUT2D eigenvalue weighted by Crippen LogP contribution is 2.64. The molecule has 1 aliphatic carbocycles. The standard InChI is InChI=1S/C54H33N3O/c1-3-13-34(14-4-1)35-23-25-39(26-24-35)52-55-51(38-17-5-2-6-18-38)56-53(57-52)40-27-30-44-43-21-11-12-22-45(43)54(48(44)33-40)46-31-28-36-15-7-9-19-41(36)49(46)58-50-42-20-10-8-16-37(42)29-32-47(50)54/h1-33H. The Bertz CT molecular complexity index is 3160. The molecule has 270 valence electrons. The summed E-state index contributed by atoms with van der Waals surface area (Å²) in [4.78, 5) is 15.5. The minimum absolute atomic E-state index is 0.620. The van der Waals surface area contributed by atoms with Gasteiger partial charge >= 0.3 is 0 Å². The summed E-state index contributed by atoms with van der Waals surface area (Å²) in [5, 5.41) is 4.47. The monoisotopic (exact) mass is 739 g/mol. The molecule has 0 atom stereocenters. The Balaban J connectivity index is 1.12. The van der Waals surface area contributed by atoms with Gasteiger partial charge in [-0.15, -0.1) is 0 Å². The van der Waals surface area contributed by atoms with Crippen LogP contribution in [0.5, 0.6) is 11.5 Å². The zero-order chi connectivity index (χ0) is 38.2. The first-order chi connectivity index (χ1) is 28.7. The van der Waals surface area contributed by atoms with E-state index in [-0.39, 0.29) is 0 Å². The Morgan fingerprint density at radius 1 is 0.310 bits per heavy atom. The maximum Gasteiger partial charge on any atom is 0.164 e. The second-order valence-electron chi connectivity index (χ2n) is 15.1. The number of rotatable bonds is 4. The smallest absolute Gasteiger partial charge is 0.164 e. The number of hydrogen-bond donors (Lipinski definition) is 0. The number of benzene rings is 9. The van der Waals surface area contributed by atoms with Crippen LogP contribution in [0.4, 0.5) is 0 Å². The zero-order valence-corrected chi connectivity index (χ0v) is 31.3. The van der Waals surface area contributed by atoms with Crippen LogP contribution in [-0.4, -0.2) is 15.0 Å². The van der Waals surface area contributed by atoms with E-state index in [9.17, 15) is 0 Å². The summed E-state index contributed by atoms with van der Waals surface area (Å²) in [5.41, 5.74) is 11.5. The average Bonchev–Trinajstić information content (AvgIpc) is 3.59. The lowest BCUT2D eigenvalue weighted by Gasteiger charge is -2.40. The van der Waals surface area contributed by atoms with Gasteiger partial charge in [-0.3, -0.25) is 0 Å². The summed E-state index contributed by atoms with van der Waals surface area (Å²) in [6.07, 6.45) is 0. The van der Waals surface area contributed by atoms with E-state index in [0.29, 0.717) is 17.5 Å². The van der Waals surface area contributed by atoms with Crippen LogP contribution in [0.15, 0.2) is 200 Å². The first-order valence-electron chi connectivity index (χ1n) is 19.7. The van der Waals surface area contributed by atoms with Crippen molar-refractivity contribution in [1.29, 1.82) is 0 Å². The summed E-state index contributed by atoms with van der Waals surface area (Å²) < 4.78 is 7.17. The number of nitrogens with zero attached hydrogens (tertiary/aromatic N) is 3. The molecule has 9 aromatic carbocycles. The van der Waals surface area contributed by atoms with Gasteiger partial charge in [0.2, 0.25) is 0 Å². The average molecular weight is 740 g/mol. The fourth-order valence-corrected chi connectivity index (χ4v) is 9.34. The molecule has 2 aliphatic rings. The van der Waals surface area contributed by atoms with Crippen molar-refractivity contribution in [3.05, 3.63) is 222 Å². The Morgan fingerprint density at radius 2 is 0.759 bits per heavy atom. The molecule has 1 spiro atoms. The van der Waals surface area contributed by atoms with Crippen molar-refractivity contribution < 1.29 is 4.74 Å². The molecular weight excluding hydrogens is 707 g/mol. The van der Waals surface area contributed by atoms with Gasteiger partial charge in [0, 0.05) is 38.6 Å². The van der Waals surface area contributed by atoms with Crippen LogP contribution >= 0.6 is 0 Å². The third-order valence-electron chi connectivity index (χ3n) is 12.0. The number of aromatic nitrogens is 3. The van der Waals surface area contributed by atoms with E-state index in [1.165, 1.54) is 27.8 Å². The minimum atomic E-state index is -0.676. The zero-order valence-electron chi connectivity index (χ0n) is 31.3. The SMILES string of the molecule is c1ccc(-c2ccc(-c3nc(-c4ccccc4)nc(-c4ccc5c(c4)C4(c6ccccc6-5)c5ccc6ccccc6c5Oc5c4ccc4ccccc54)n3)cc2)cc1. The van der Waals surface area contributed by atoms with Gasteiger partial charge in [-0.2, -0.15) is 0 Å². The van der Waals surface area contributed by atoms with Gasteiger partial charge < -0.3 is 4.74 Å². The van der Waals surface area contributed by atoms with E-state index in [1.807, 2.05) is 24.3 Å². The van der Waals surface area contributed by atoms with Gasteiger partial charge in [0.1, 0.15) is 11.5 Å². The van der Waals surface area contributed by atoms with Crippen molar-refractivity contribution >= 4 is 21.5 Å². The normalized spacial score (nSPS) is 13.1. The second kappa shape index (κ2) is 12.7. The van der Waals surface area contributed by atoms with Gasteiger partial charge in [0.15, 0.2) is 17.5 Å². The molecule has 0 N–H and O–H groups in total. The predicted molar refractivity (Wildman–Crippen MR) is 234 cm³/mol. The topological polar surface area (TPSA) is 47.9 Å². The highest BCUT2D eigenvalue weighted by molar-refractivity contribution is 6.00. The van der Waals surface area contributed by atoms with Crippen molar-refractivity contribution in [3.63, 3.8) is 0 Å². The Morgan fingerprint density at radius 3 is 1.40 bits per heavy atom. The summed E-state index contributed by atoms with van der Waals surface area (Å²) in [5.74, 6) is 3.66. The fraction of sp³-hybridized carbons (Fsp3) is 0.0185. The molecule has 0 unspecified atom stereocenters. The Hall–Kier alpha value is -7.69. The summed E-state index contributed by atoms with van der Waals surface area (Å²) >= 11 is 0. The molecule has 0 amide bonds. The van der Waals surface area contributed by atoms with E-state index in [2.05, 4.69) is 176 Å². The molecule has 12 rings (SSSR count). The number of fused-ring (bicyclic) bond motifs is 13. The van der Waals surface area contributed by atoms with Crippen LogP contribution in [-0.2, 0) is 5.41 Å². The highest BCUT2D eigenvalue weighted by atomic mass is 16.5. The van der Waals surface area contributed by atoms with Crippen LogP contribution in [0.2, 0.25) is 0 Å². The van der Waals surface area contributed by atoms with E-state index in [4.69, 9.17) is 19.7 Å². The largest absolute Gasteiger partial charge is 0.455 e. The predicted octanol–water partition coefficient (Wildman–Crippen LogP) is 13.3. The summed E-state index contributed by atoms with van der Waals surface area (Å²) in [6, 6.07) is 70.8. The second-order valence-corrected chi connectivity index (χ2v) is 15.1. The van der Waals surface area contributed by atoms with Crippen molar-refractivity contribution in [1.82, 2.24) is 15.0 Å². The lowest BCUT2D eigenvalue weighted by Crippen LogP contribution is -2.32. The molecule has 0 radical (unpaired) electrons. The third-order valence-corrected chi connectivity index (χ3v) is 12.0. The van der Waals surface area contributed by atoms with E-state index >= 15 is 0 Å². The summed E-state index contributed by atoms with van der Waals surface area (Å²) in [6.45, 7) is 0. The van der Waals surface area contributed by atoms with Crippen LogP contribution in [0, 0.1) is 0 Å². The van der Waals surface area contributed by atoms with Crippen LogP contribution in [0.3, 0.4) is 0 Å². The molecule has 2 heterocycles. The van der Waals surface area contributed by atoms with E-state index < -0.39 is 5.41 Å². The highest BCUT2D eigenvalue weighted by Gasteiger charge is 2.52. The van der Waals surface area contributed by atoms with Gasteiger partial charge in [-0.1, -0.05) is 194 Å². The Kier molecular flexibility index (Phi) is 7.11. The van der Waals surface area contributed by atoms with Crippen molar-refractivity contribution in [2.24, 2.45) is 0 Å². The maximum atomic E-state index is 7.17. The van der Waals surface area contributed by atoms with Gasteiger partial charge in [0.05, 0.1) is 5.41 Å². The van der Waals surface area contributed by atoms with Gasteiger partial charge in [0.25, 0.3) is 0 Å². The lowest BCUT2D eigenvalue weighted by atomic mass is 9.65. The lowest BCUT2D eigenvalue weighted by molar-refractivity contribution is 0.447. The van der Waals surface area contributed by atoms with Crippen LogP contribution in [0.1, 0.15) is 22.3 Å². The van der Waals surface area contributed by atoms with Crippen molar-refractivity contribution in [3.8, 4) is 67.9 Å². The molecule has 0 saturated heterocycles. The third kappa shape index (κ3) is 4.79. The van der Waals surface area contributed by atoms with Crippen molar-refractivity contribution in [2.45, 2.75) is 5.41 Å². The fourth-order valence-electron chi connectivity index (χ4n) is 9.34.